The molecular weight excluding hydrogens is 356 g/mol. The molecule has 0 N–H and O–H groups in total. The highest BCUT2D eigenvalue weighted by Gasteiger charge is 2.60. The van der Waals surface area contributed by atoms with Crippen LogP contribution in [-0.4, -0.2) is 25.5 Å². The molecule has 0 radical (unpaired) electrons. The number of benzene rings is 2. The van der Waals surface area contributed by atoms with Crippen LogP contribution in [0, 0.1) is 5.41 Å². The molecule has 1 saturated carbocycles. The number of ether oxygens (including phenoxy) is 4. The third-order valence-corrected chi connectivity index (χ3v) is 5.30. The molecular formula is C23H24O5. The van der Waals surface area contributed by atoms with Gasteiger partial charge in [0.2, 0.25) is 12.0 Å². The summed E-state index contributed by atoms with van der Waals surface area (Å²) >= 11 is 0. The van der Waals surface area contributed by atoms with Crippen molar-refractivity contribution in [2.75, 3.05) is 7.11 Å². The Balaban J connectivity index is 1.51. The second-order valence-corrected chi connectivity index (χ2v) is 7.22. The normalized spacial score (nSPS) is 22.2. The van der Waals surface area contributed by atoms with Crippen molar-refractivity contribution in [3.8, 4) is 0 Å². The Labute approximate surface area is 164 Å². The first-order chi connectivity index (χ1) is 13.7. The lowest BCUT2D eigenvalue weighted by molar-refractivity contribution is -0.207. The van der Waals surface area contributed by atoms with Gasteiger partial charge in [-0.2, -0.15) is 0 Å². The average molecular weight is 380 g/mol. The maximum Gasteiger partial charge on any atom is 0.373 e. The minimum absolute atomic E-state index is 0.149. The second-order valence-electron chi connectivity index (χ2n) is 7.22. The van der Waals surface area contributed by atoms with Crippen LogP contribution in [0.3, 0.4) is 0 Å². The van der Waals surface area contributed by atoms with Gasteiger partial charge in [-0.05, 0) is 30.0 Å². The Kier molecular flexibility index (Phi) is 5.46. The smallest absolute Gasteiger partial charge is 0.373 e. The number of rotatable bonds is 7. The van der Waals surface area contributed by atoms with E-state index in [4.69, 9.17) is 18.9 Å². The molecule has 2 aromatic carbocycles. The summed E-state index contributed by atoms with van der Waals surface area (Å²) in [4.78, 5) is 12.1. The summed E-state index contributed by atoms with van der Waals surface area (Å²) in [6.45, 7) is 0.872. The lowest BCUT2D eigenvalue weighted by Gasteiger charge is -2.36. The van der Waals surface area contributed by atoms with Crippen molar-refractivity contribution >= 4 is 5.97 Å². The predicted octanol–water partition coefficient (Wildman–Crippen LogP) is 3.98. The first kappa shape index (κ1) is 18.7. The molecule has 1 heterocycles. The topological polar surface area (TPSA) is 54.0 Å². The first-order valence-electron chi connectivity index (χ1n) is 9.49. The number of hydrogen-bond donors (Lipinski definition) is 0. The molecule has 5 nitrogen and oxygen atoms in total. The van der Waals surface area contributed by atoms with Gasteiger partial charge in [-0.25, -0.2) is 4.79 Å². The molecule has 1 aliphatic heterocycles. The number of carbonyl (C=O) groups is 1. The van der Waals surface area contributed by atoms with E-state index in [9.17, 15) is 4.79 Å². The van der Waals surface area contributed by atoms with Gasteiger partial charge in [-0.15, -0.1) is 0 Å². The zero-order valence-electron chi connectivity index (χ0n) is 15.9. The van der Waals surface area contributed by atoms with Crippen molar-refractivity contribution in [2.24, 2.45) is 5.41 Å². The summed E-state index contributed by atoms with van der Waals surface area (Å²) in [5.41, 5.74) is 1.87. The van der Waals surface area contributed by atoms with Gasteiger partial charge in [-0.3, -0.25) is 0 Å². The van der Waals surface area contributed by atoms with Crippen LogP contribution in [0.1, 0.15) is 24.0 Å². The molecule has 28 heavy (non-hydrogen) atoms. The zero-order valence-corrected chi connectivity index (χ0v) is 15.9. The highest BCUT2D eigenvalue weighted by atomic mass is 16.7. The summed E-state index contributed by atoms with van der Waals surface area (Å²) in [5, 5.41) is 0. The molecule has 5 heteroatoms. The lowest BCUT2D eigenvalue weighted by Crippen LogP contribution is -2.43. The first-order valence-corrected chi connectivity index (χ1v) is 9.49. The van der Waals surface area contributed by atoms with E-state index in [1.54, 1.807) is 6.08 Å². The monoisotopic (exact) mass is 380 g/mol. The number of carbonyl (C=O) groups excluding carboxylic acids is 1. The van der Waals surface area contributed by atoms with Crippen molar-refractivity contribution in [1.82, 2.24) is 0 Å². The Morgan fingerprint density at radius 1 is 0.964 bits per heavy atom. The molecule has 2 atom stereocenters. The summed E-state index contributed by atoms with van der Waals surface area (Å²) in [5.74, 6) is -0.367. The highest BCUT2D eigenvalue weighted by Crippen LogP contribution is 2.57. The number of methoxy groups -OCH3 is 1. The average Bonchev–Trinajstić information content (AvgIpc) is 3.54. The number of esters is 1. The van der Waals surface area contributed by atoms with Crippen molar-refractivity contribution in [1.29, 1.82) is 0 Å². The van der Waals surface area contributed by atoms with Crippen LogP contribution in [0.5, 0.6) is 0 Å². The van der Waals surface area contributed by atoms with E-state index in [1.165, 1.54) is 7.11 Å². The van der Waals surface area contributed by atoms with Gasteiger partial charge in [0.1, 0.15) is 0 Å². The largest absolute Gasteiger partial charge is 0.463 e. The van der Waals surface area contributed by atoms with Crippen LogP contribution in [0.25, 0.3) is 0 Å². The molecule has 2 aromatic rings. The fraction of sp³-hybridized carbons (Fsp3) is 0.348. The Morgan fingerprint density at radius 3 is 2.07 bits per heavy atom. The van der Waals surface area contributed by atoms with Crippen LogP contribution in [0.15, 0.2) is 72.5 Å². The van der Waals surface area contributed by atoms with Gasteiger partial charge in [0.05, 0.1) is 31.8 Å². The minimum atomic E-state index is -0.549. The van der Waals surface area contributed by atoms with E-state index in [0.717, 1.165) is 24.0 Å². The van der Waals surface area contributed by atoms with Crippen molar-refractivity contribution in [2.45, 2.75) is 38.4 Å². The van der Waals surface area contributed by atoms with Crippen molar-refractivity contribution in [3.05, 3.63) is 83.6 Å². The SMILES string of the molecule is COC(=O)C1=C[C@@H](OCc2ccccc2)C2(CC2)[C@H](OCc2ccccc2)O1. The van der Waals surface area contributed by atoms with Crippen molar-refractivity contribution < 1.29 is 23.7 Å². The highest BCUT2D eigenvalue weighted by molar-refractivity contribution is 5.86. The molecule has 4 rings (SSSR count). The Morgan fingerprint density at radius 2 is 1.54 bits per heavy atom. The van der Waals surface area contributed by atoms with Gasteiger partial charge in [0.15, 0.2) is 0 Å². The molecule has 0 bridgehead atoms. The summed E-state index contributed by atoms with van der Waals surface area (Å²) in [7, 11) is 1.34. The van der Waals surface area contributed by atoms with Gasteiger partial charge in [0.25, 0.3) is 0 Å². The van der Waals surface area contributed by atoms with E-state index in [-0.39, 0.29) is 17.3 Å². The van der Waals surface area contributed by atoms with E-state index < -0.39 is 12.3 Å². The molecule has 0 saturated heterocycles. The minimum Gasteiger partial charge on any atom is -0.463 e. The fourth-order valence-corrected chi connectivity index (χ4v) is 3.51. The molecule has 0 unspecified atom stereocenters. The zero-order chi connectivity index (χ0) is 19.4. The van der Waals surface area contributed by atoms with E-state index in [2.05, 4.69) is 0 Å². The summed E-state index contributed by atoms with van der Waals surface area (Å²) in [6.07, 6.45) is 2.78. The van der Waals surface area contributed by atoms with E-state index in [1.807, 2.05) is 60.7 Å². The maximum atomic E-state index is 12.1. The van der Waals surface area contributed by atoms with Gasteiger partial charge in [0, 0.05) is 0 Å². The fourth-order valence-electron chi connectivity index (χ4n) is 3.51. The third-order valence-electron chi connectivity index (χ3n) is 5.30. The van der Waals surface area contributed by atoms with Crippen molar-refractivity contribution in [3.63, 3.8) is 0 Å². The molecule has 146 valence electrons. The lowest BCUT2D eigenvalue weighted by atomic mass is 9.94. The molecule has 1 aliphatic carbocycles. The molecule has 0 aromatic heterocycles. The van der Waals surface area contributed by atoms with Gasteiger partial charge in [-0.1, -0.05) is 60.7 Å². The third kappa shape index (κ3) is 3.96. The Hall–Kier alpha value is -2.63. The molecule has 1 fully saturated rings. The van der Waals surface area contributed by atoms with Crippen LogP contribution >= 0.6 is 0 Å². The van der Waals surface area contributed by atoms with Crippen LogP contribution < -0.4 is 0 Å². The standard InChI is InChI=1S/C23H24O5/c1-25-21(24)19-14-20(26-15-17-8-4-2-5-9-17)23(12-13-23)22(28-19)27-16-18-10-6-3-7-11-18/h2-11,14,20,22H,12-13,15-16H2,1H3/t20-,22-/m1/s1. The van der Waals surface area contributed by atoms with E-state index >= 15 is 0 Å². The van der Waals surface area contributed by atoms with Crippen LogP contribution in [0.4, 0.5) is 0 Å². The predicted molar refractivity (Wildman–Crippen MR) is 103 cm³/mol. The van der Waals surface area contributed by atoms with Gasteiger partial charge < -0.3 is 18.9 Å². The maximum absolute atomic E-state index is 12.1. The van der Waals surface area contributed by atoms with Crippen LogP contribution in [-0.2, 0) is 37.0 Å². The second kappa shape index (κ2) is 8.17. The quantitative estimate of drug-likeness (QED) is 0.680. The van der Waals surface area contributed by atoms with Gasteiger partial charge >= 0.3 is 5.97 Å². The Bertz CT molecular complexity index is 827. The number of hydrogen-bond acceptors (Lipinski definition) is 5. The van der Waals surface area contributed by atoms with E-state index in [0.29, 0.717) is 13.2 Å². The van der Waals surface area contributed by atoms with Crippen LogP contribution in [0.2, 0.25) is 0 Å². The molecule has 0 amide bonds. The molecule has 1 spiro atoms. The summed E-state index contributed by atoms with van der Waals surface area (Å²) < 4.78 is 23.1. The summed E-state index contributed by atoms with van der Waals surface area (Å²) in [6, 6.07) is 19.9. The molecule has 2 aliphatic rings.